The number of hydrogen-bond donors (Lipinski definition) is 1. The van der Waals surface area contributed by atoms with Gasteiger partial charge in [0.25, 0.3) is 0 Å². The van der Waals surface area contributed by atoms with Crippen molar-refractivity contribution in [2.24, 2.45) is 0 Å². The topological polar surface area (TPSA) is 29.9 Å². The lowest BCUT2D eigenvalue weighted by atomic mass is 10.2. The third-order valence-corrected chi connectivity index (χ3v) is 3.40. The summed E-state index contributed by atoms with van der Waals surface area (Å²) in [6.45, 7) is 9.39. The van der Waals surface area contributed by atoms with Crippen molar-refractivity contribution < 1.29 is 0 Å². The number of aromatic nitrogens is 2. The largest absolute Gasteiger partial charge is 0.317 e. The number of likely N-dealkylation sites (N-methyl/N-ethyl adjacent to an activating group) is 1. The van der Waals surface area contributed by atoms with Crippen molar-refractivity contribution in [1.29, 1.82) is 0 Å². The van der Waals surface area contributed by atoms with Gasteiger partial charge in [-0.2, -0.15) is 5.10 Å². The predicted octanol–water partition coefficient (Wildman–Crippen LogP) is 2.38. The highest BCUT2D eigenvalue weighted by molar-refractivity contribution is 9.10. The van der Waals surface area contributed by atoms with E-state index >= 15 is 0 Å². The van der Waals surface area contributed by atoms with E-state index < -0.39 is 0 Å². The van der Waals surface area contributed by atoms with E-state index in [1.807, 2.05) is 0 Å². The Bertz CT molecular complexity index is 307. The van der Waals surface area contributed by atoms with Crippen LogP contribution in [0.5, 0.6) is 0 Å². The van der Waals surface area contributed by atoms with Gasteiger partial charge in [-0.25, -0.2) is 0 Å². The highest BCUT2D eigenvalue weighted by Crippen LogP contribution is 2.22. The van der Waals surface area contributed by atoms with Crippen LogP contribution in [0.4, 0.5) is 0 Å². The van der Waals surface area contributed by atoms with Crippen LogP contribution in [-0.4, -0.2) is 22.9 Å². The van der Waals surface area contributed by atoms with Crippen molar-refractivity contribution in [2.75, 3.05) is 13.1 Å². The number of aryl methyl sites for hydroxylation is 2. The van der Waals surface area contributed by atoms with Crippen LogP contribution in [0.3, 0.4) is 0 Å². The summed E-state index contributed by atoms with van der Waals surface area (Å²) in [5.74, 6) is 0. The summed E-state index contributed by atoms with van der Waals surface area (Å²) in [6.07, 6.45) is 2.02. The first-order chi connectivity index (χ1) is 7.24. The molecule has 0 spiro atoms. The number of rotatable bonds is 6. The summed E-state index contributed by atoms with van der Waals surface area (Å²) in [4.78, 5) is 0. The molecule has 0 aromatic carbocycles. The van der Waals surface area contributed by atoms with E-state index in [4.69, 9.17) is 0 Å². The highest BCUT2D eigenvalue weighted by atomic mass is 79.9. The monoisotopic (exact) mass is 273 g/mol. The molecule has 1 aromatic heterocycles. The Morgan fingerprint density at radius 1 is 1.33 bits per heavy atom. The van der Waals surface area contributed by atoms with Crippen LogP contribution < -0.4 is 5.32 Å². The molecule has 0 saturated carbocycles. The normalized spacial score (nSPS) is 10.9. The Labute approximate surface area is 100 Å². The fourth-order valence-electron chi connectivity index (χ4n) is 1.64. The molecule has 0 atom stereocenters. The average Bonchev–Trinajstić information content (AvgIpc) is 2.56. The number of halogens is 1. The molecule has 0 radical (unpaired) electrons. The maximum absolute atomic E-state index is 4.57. The molecule has 0 amide bonds. The third-order valence-electron chi connectivity index (χ3n) is 2.48. The molecule has 0 aliphatic rings. The zero-order chi connectivity index (χ0) is 11.3. The minimum Gasteiger partial charge on any atom is -0.317 e. The van der Waals surface area contributed by atoms with Crippen molar-refractivity contribution in [1.82, 2.24) is 15.1 Å². The molecule has 1 heterocycles. The number of nitrogens with one attached hydrogen (secondary N) is 1. The van der Waals surface area contributed by atoms with Gasteiger partial charge in [-0.1, -0.05) is 13.8 Å². The molecule has 1 N–H and O–H groups in total. The average molecular weight is 274 g/mol. The summed E-state index contributed by atoms with van der Waals surface area (Å²) in [6, 6.07) is 0. The van der Waals surface area contributed by atoms with Gasteiger partial charge in [0, 0.05) is 19.5 Å². The van der Waals surface area contributed by atoms with Gasteiger partial charge in [0.1, 0.15) is 0 Å². The van der Waals surface area contributed by atoms with Crippen molar-refractivity contribution >= 4 is 15.9 Å². The molecule has 0 bridgehead atoms. The van der Waals surface area contributed by atoms with E-state index in [-0.39, 0.29) is 0 Å². The van der Waals surface area contributed by atoms with E-state index in [1.54, 1.807) is 0 Å². The molecule has 1 rings (SSSR count). The molecule has 1 aromatic rings. The first-order valence-corrected chi connectivity index (χ1v) is 6.48. The lowest BCUT2D eigenvalue weighted by molar-refractivity contribution is 0.597. The van der Waals surface area contributed by atoms with Crippen molar-refractivity contribution in [3.05, 3.63) is 15.9 Å². The quantitative estimate of drug-likeness (QED) is 0.807. The van der Waals surface area contributed by atoms with Gasteiger partial charge in [-0.05, 0) is 35.8 Å². The molecule has 0 saturated heterocycles. The molecular weight excluding hydrogens is 254 g/mol. The summed E-state index contributed by atoms with van der Waals surface area (Å²) < 4.78 is 3.30. The zero-order valence-electron chi connectivity index (χ0n) is 9.81. The summed E-state index contributed by atoms with van der Waals surface area (Å²) in [7, 11) is 0. The second-order valence-electron chi connectivity index (χ2n) is 3.48. The van der Waals surface area contributed by atoms with Crippen LogP contribution >= 0.6 is 15.9 Å². The first kappa shape index (κ1) is 12.7. The molecule has 4 heteroatoms. The van der Waals surface area contributed by atoms with Crippen molar-refractivity contribution in [2.45, 2.75) is 40.2 Å². The van der Waals surface area contributed by atoms with E-state index in [0.717, 1.165) is 32.5 Å². The van der Waals surface area contributed by atoms with E-state index in [2.05, 4.69) is 51.8 Å². The maximum atomic E-state index is 4.57. The minimum atomic E-state index is 0.945. The first-order valence-electron chi connectivity index (χ1n) is 5.69. The van der Waals surface area contributed by atoms with Crippen LogP contribution in [-0.2, 0) is 19.4 Å². The lowest BCUT2D eigenvalue weighted by Crippen LogP contribution is -2.18. The molecule has 0 unspecified atom stereocenters. The second-order valence-corrected chi connectivity index (χ2v) is 4.27. The Morgan fingerprint density at radius 2 is 2.07 bits per heavy atom. The molecule has 15 heavy (non-hydrogen) atoms. The SMILES string of the molecule is CCNCCc1c(Br)c(CC)nn1CC. The lowest BCUT2D eigenvalue weighted by Gasteiger charge is -2.05. The van der Waals surface area contributed by atoms with Crippen LogP contribution in [0.2, 0.25) is 0 Å². The van der Waals surface area contributed by atoms with Crippen LogP contribution in [0.15, 0.2) is 4.47 Å². The van der Waals surface area contributed by atoms with Crippen LogP contribution in [0, 0.1) is 0 Å². The third kappa shape index (κ3) is 3.05. The minimum absolute atomic E-state index is 0.945. The molecule has 0 aliphatic heterocycles. The molecular formula is C11H20BrN3. The summed E-state index contributed by atoms with van der Waals surface area (Å²) in [5, 5.41) is 7.91. The second kappa shape index (κ2) is 6.28. The Balaban J connectivity index is 2.78. The van der Waals surface area contributed by atoms with E-state index in [9.17, 15) is 0 Å². The van der Waals surface area contributed by atoms with Crippen molar-refractivity contribution in [3.8, 4) is 0 Å². The van der Waals surface area contributed by atoms with E-state index in [0.29, 0.717) is 0 Å². The predicted molar refractivity (Wildman–Crippen MR) is 67.2 cm³/mol. The van der Waals surface area contributed by atoms with Crippen LogP contribution in [0.1, 0.15) is 32.2 Å². The smallest absolute Gasteiger partial charge is 0.0766 e. The Hall–Kier alpha value is -0.350. The fraction of sp³-hybridized carbons (Fsp3) is 0.727. The zero-order valence-corrected chi connectivity index (χ0v) is 11.4. The Morgan fingerprint density at radius 3 is 2.60 bits per heavy atom. The maximum Gasteiger partial charge on any atom is 0.0766 e. The molecule has 86 valence electrons. The summed E-state index contributed by atoms with van der Waals surface area (Å²) in [5.41, 5.74) is 2.48. The molecule has 3 nitrogen and oxygen atoms in total. The van der Waals surface area contributed by atoms with Gasteiger partial charge in [-0.15, -0.1) is 0 Å². The van der Waals surface area contributed by atoms with E-state index in [1.165, 1.54) is 15.9 Å². The Kier molecular flexibility index (Phi) is 5.32. The van der Waals surface area contributed by atoms with Gasteiger partial charge in [-0.3, -0.25) is 4.68 Å². The fourth-order valence-corrected chi connectivity index (χ4v) is 2.40. The summed E-state index contributed by atoms with van der Waals surface area (Å²) >= 11 is 3.64. The van der Waals surface area contributed by atoms with Gasteiger partial charge in [0.05, 0.1) is 15.9 Å². The number of hydrogen-bond acceptors (Lipinski definition) is 2. The van der Waals surface area contributed by atoms with Gasteiger partial charge in [0.15, 0.2) is 0 Å². The molecule has 0 fully saturated rings. The van der Waals surface area contributed by atoms with Gasteiger partial charge < -0.3 is 5.32 Å². The van der Waals surface area contributed by atoms with Crippen molar-refractivity contribution in [3.63, 3.8) is 0 Å². The van der Waals surface area contributed by atoms with Gasteiger partial charge >= 0.3 is 0 Å². The van der Waals surface area contributed by atoms with Crippen LogP contribution in [0.25, 0.3) is 0 Å². The van der Waals surface area contributed by atoms with Gasteiger partial charge in [0.2, 0.25) is 0 Å². The standard InChI is InChI=1S/C11H20BrN3/c1-4-9-11(12)10(7-8-13-5-2)15(6-3)14-9/h13H,4-8H2,1-3H3. The molecule has 0 aliphatic carbocycles. The number of nitrogens with zero attached hydrogens (tertiary/aromatic N) is 2. The highest BCUT2D eigenvalue weighted by Gasteiger charge is 2.12.